The Balaban J connectivity index is 1.64. The van der Waals surface area contributed by atoms with Gasteiger partial charge in [-0.05, 0) is 73.7 Å². The predicted octanol–water partition coefficient (Wildman–Crippen LogP) is 5.09. The van der Waals surface area contributed by atoms with E-state index in [9.17, 15) is 9.59 Å². The molecule has 3 aromatic rings. The zero-order valence-corrected chi connectivity index (χ0v) is 21.5. The van der Waals surface area contributed by atoms with Crippen LogP contribution in [0.5, 0.6) is 17.2 Å². The lowest BCUT2D eigenvalue weighted by molar-refractivity contribution is -0.122. The van der Waals surface area contributed by atoms with Gasteiger partial charge < -0.3 is 24.8 Å². The Hall–Kier alpha value is -4.00. The minimum Gasteiger partial charge on any atom is -0.493 e. The van der Waals surface area contributed by atoms with Gasteiger partial charge in [0.1, 0.15) is 5.75 Å². The largest absolute Gasteiger partial charge is 0.493 e. The van der Waals surface area contributed by atoms with Crippen LogP contribution in [0.3, 0.4) is 0 Å². The van der Waals surface area contributed by atoms with Crippen LogP contribution >= 0.6 is 0 Å². The first-order chi connectivity index (χ1) is 17.4. The quantitative estimate of drug-likeness (QED) is 0.391. The third-order valence-electron chi connectivity index (χ3n) is 5.85. The Labute approximate surface area is 212 Å². The second kappa shape index (κ2) is 12.6. The number of carbonyl (C=O) groups is 2. The van der Waals surface area contributed by atoms with E-state index in [0.717, 1.165) is 16.7 Å². The Kier molecular flexibility index (Phi) is 9.33. The van der Waals surface area contributed by atoms with Gasteiger partial charge in [-0.25, -0.2) is 0 Å². The molecule has 0 heterocycles. The molecule has 0 saturated carbocycles. The molecule has 2 N–H and O–H groups in total. The molecule has 0 aliphatic carbocycles. The van der Waals surface area contributed by atoms with Gasteiger partial charge in [-0.2, -0.15) is 0 Å². The molecule has 0 fully saturated rings. The van der Waals surface area contributed by atoms with Crippen molar-refractivity contribution in [3.8, 4) is 17.2 Å². The number of rotatable bonds is 11. The fraction of sp³-hybridized carbons (Fsp3) is 0.310. The molecule has 7 nitrogen and oxygen atoms in total. The number of nitrogens with one attached hydrogen (secondary N) is 2. The van der Waals surface area contributed by atoms with Crippen molar-refractivity contribution < 1.29 is 23.8 Å². The van der Waals surface area contributed by atoms with Crippen LogP contribution in [-0.4, -0.2) is 38.7 Å². The zero-order valence-electron chi connectivity index (χ0n) is 21.5. The van der Waals surface area contributed by atoms with E-state index in [4.69, 9.17) is 14.2 Å². The summed E-state index contributed by atoms with van der Waals surface area (Å²) in [7, 11) is 3.18. The minimum atomic E-state index is -0.688. The van der Waals surface area contributed by atoms with E-state index in [2.05, 4.69) is 10.6 Å². The number of hydrogen-bond donors (Lipinski definition) is 2. The fourth-order valence-corrected chi connectivity index (χ4v) is 3.76. The fourth-order valence-electron chi connectivity index (χ4n) is 3.76. The van der Waals surface area contributed by atoms with Crippen molar-refractivity contribution in [1.82, 2.24) is 5.32 Å². The van der Waals surface area contributed by atoms with Crippen LogP contribution in [0.25, 0.3) is 0 Å². The van der Waals surface area contributed by atoms with Gasteiger partial charge in [0.05, 0.1) is 25.5 Å². The first kappa shape index (κ1) is 26.6. The number of amides is 2. The summed E-state index contributed by atoms with van der Waals surface area (Å²) in [6.07, 6.45) is 0.410. The molecule has 0 aliphatic rings. The molecule has 1 unspecified atom stereocenters. The van der Waals surface area contributed by atoms with E-state index in [-0.39, 0.29) is 11.8 Å². The molecule has 0 bridgehead atoms. The van der Waals surface area contributed by atoms with Crippen LogP contribution in [0.4, 0.5) is 5.69 Å². The van der Waals surface area contributed by atoms with Crippen molar-refractivity contribution in [1.29, 1.82) is 0 Å². The Morgan fingerprint density at radius 3 is 2.36 bits per heavy atom. The van der Waals surface area contributed by atoms with E-state index in [1.54, 1.807) is 38.5 Å². The van der Waals surface area contributed by atoms with Crippen molar-refractivity contribution in [3.63, 3.8) is 0 Å². The molecular weight excluding hydrogens is 456 g/mol. The molecule has 0 spiro atoms. The minimum absolute atomic E-state index is 0.269. The molecule has 0 aromatic heterocycles. The van der Waals surface area contributed by atoms with Gasteiger partial charge in [-0.3, -0.25) is 9.59 Å². The maximum absolute atomic E-state index is 13.0. The zero-order chi connectivity index (χ0) is 26.1. The molecule has 1 atom stereocenters. The van der Waals surface area contributed by atoms with E-state index in [1.807, 2.05) is 57.2 Å². The average Bonchev–Trinajstić information content (AvgIpc) is 2.89. The summed E-state index contributed by atoms with van der Waals surface area (Å²) in [4.78, 5) is 26.0. The van der Waals surface area contributed by atoms with E-state index >= 15 is 0 Å². The average molecular weight is 491 g/mol. The highest BCUT2D eigenvalue weighted by Gasteiger charge is 2.21. The van der Waals surface area contributed by atoms with Crippen LogP contribution in [0.1, 0.15) is 40.4 Å². The van der Waals surface area contributed by atoms with Crippen molar-refractivity contribution in [2.45, 2.75) is 39.7 Å². The molecule has 3 rings (SSSR count). The van der Waals surface area contributed by atoms with Gasteiger partial charge in [-0.1, -0.05) is 37.3 Å². The predicted molar refractivity (Wildman–Crippen MR) is 141 cm³/mol. The van der Waals surface area contributed by atoms with Gasteiger partial charge in [0.2, 0.25) is 0 Å². The normalized spacial score (nSPS) is 11.4. The monoisotopic (exact) mass is 490 g/mol. The molecule has 190 valence electrons. The van der Waals surface area contributed by atoms with Crippen LogP contribution in [0.2, 0.25) is 0 Å². The SMILES string of the molecule is CCC(Oc1cc(C)ccc1C)C(=O)Nc1ccccc1C(=O)NCCc1ccc(OC)c(OC)c1. The summed E-state index contributed by atoms with van der Waals surface area (Å²) >= 11 is 0. The van der Waals surface area contributed by atoms with Crippen molar-refractivity contribution >= 4 is 17.5 Å². The maximum Gasteiger partial charge on any atom is 0.265 e. The topological polar surface area (TPSA) is 85.9 Å². The molecule has 36 heavy (non-hydrogen) atoms. The summed E-state index contributed by atoms with van der Waals surface area (Å²) in [6, 6.07) is 18.5. The molecule has 2 amide bonds. The number of carbonyl (C=O) groups excluding carboxylic acids is 2. The lowest BCUT2D eigenvalue weighted by Gasteiger charge is -2.20. The summed E-state index contributed by atoms with van der Waals surface area (Å²) in [5.41, 5.74) is 3.85. The van der Waals surface area contributed by atoms with Crippen molar-refractivity contribution in [3.05, 3.63) is 82.9 Å². The van der Waals surface area contributed by atoms with E-state index < -0.39 is 6.10 Å². The van der Waals surface area contributed by atoms with Crippen LogP contribution in [0.15, 0.2) is 60.7 Å². The number of anilines is 1. The second-order valence-corrected chi connectivity index (χ2v) is 8.51. The van der Waals surface area contributed by atoms with Gasteiger partial charge in [0.15, 0.2) is 17.6 Å². The lowest BCUT2D eigenvalue weighted by atomic mass is 10.1. The highest BCUT2D eigenvalue weighted by molar-refractivity contribution is 6.04. The third-order valence-corrected chi connectivity index (χ3v) is 5.85. The summed E-state index contributed by atoms with van der Waals surface area (Å²) in [5, 5.41) is 5.81. The van der Waals surface area contributed by atoms with Crippen molar-refractivity contribution in [2.75, 3.05) is 26.1 Å². The molecule has 0 radical (unpaired) electrons. The standard InChI is InChI=1S/C29H34N2O5/c1-6-24(36-26-17-19(2)11-12-20(26)3)29(33)31-23-10-8-7-9-22(23)28(32)30-16-15-21-13-14-25(34-4)27(18-21)35-5/h7-14,17-18,24H,6,15-16H2,1-5H3,(H,30,32)(H,31,33). The summed E-state index contributed by atoms with van der Waals surface area (Å²) in [5.74, 6) is 1.40. The molecule has 3 aromatic carbocycles. The maximum atomic E-state index is 13.0. The van der Waals surface area contributed by atoms with Gasteiger partial charge in [0, 0.05) is 6.54 Å². The first-order valence-electron chi connectivity index (χ1n) is 12.0. The Morgan fingerprint density at radius 1 is 0.889 bits per heavy atom. The summed E-state index contributed by atoms with van der Waals surface area (Å²) < 4.78 is 16.6. The van der Waals surface area contributed by atoms with Gasteiger partial charge in [-0.15, -0.1) is 0 Å². The first-order valence-corrected chi connectivity index (χ1v) is 12.0. The number of ether oxygens (including phenoxy) is 3. The number of para-hydroxylation sites is 1. The molecular formula is C29H34N2O5. The highest BCUT2D eigenvalue weighted by Crippen LogP contribution is 2.27. The number of benzene rings is 3. The van der Waals surface area contributed by atoms with Crippen molar-refractivity contribution in [2.24, 2.45) is 0 Å². The van der Waals surface area contributed by atoms with Crippen LogP contribution in [-0.2, 0) is 11.2 Å². The van der Waals surface area contributed by atoms with Gasteiger partial charge >= 0.3 is 0 Å². The van der Waals surface area contributed by atoms with Gasteiger partial charge in [0.25, 0.3) is 11.8 Å². The molecule has 7 heteroatoms. The second-order valence-electron chi connectivity index (χ2n) is 8.51. The Bertz CT molecular complexity index is 1210. The van der Waals surface area contributed by atoms with Crippen LogP contribution in [0, 0.1) is 13.8 Å². The third kappa shape index (κ3) is 6.78. The number of methoxy groups -OCH3 is 2. The number of hydrogen-bond acceptors (Lipinski definition) is 5. The lowest BCUT2D eigenvalue weighted by Crippen LogP contribution is -2.34. The summed E-state index contributed by atoms with van der Waals surface area (Å²) in [6.45, 7) is 6.24. The Morgan fingerprint density at radius 2 is 1.64 bits per heavy atom. The van der Waals surface area contributed by atoms with E-state index in [0.29, 0.717) is 47.9 Å². The molecule has 0 saturated heterocycles. The van der Waals surface area contributed by atoms with Crippen LogP contribution < -0.4 is 24.8 Å². The highest BCUT2D eigenvalue weighted by atomic mass is 16.5. The smallest absolute Gasteiger partial charge is 0.265 e. The number of aryl methyl sites for hydroxylation is 2. The van der Waals surface area contributed by atoms with E-state index in [1.165, 1.54) is 0 Å². The molecule has 0 aliphatic heterocycles.